The number of esters is 2. The lowest BCUT2D eigenvalue weighted by atomic mass is 9.57. The molecule has 3 atom stereocenters. The van der Waals surface area contributed by atoms with Crippen LogP contribution in [-0.2, 0) is 19.1 Å². The molecule has 0 amide bonds. The Balaban J connectivity index is 2.11. The molecule has 0 aromatic heterocycles. The number of carbonyl (C=O) groups excluding carboxylic acids is 3. The number of ketones is 1. The zero-order valence-corrected chi connectivity index (χ0v) is 16.0. The van der Waals surface area contributed by atoms with Crippen LogP contribution in [0.3, 0.4) is 0 Å². The molecule has 0 N–H and O–H groups in total. The van der Waals surface area contributed by atoms with Gasteiger partial charge in [0.15, 0.2) is 5.78 Å². The maximum absolute atomic E-state index is 12.8. The second kappa shape index (κ2) is 7.18. The fraction of sp³-hybridized carbons (Fsp3) is 0.476. The monoisotopic (exact) mass is 372 g/mol. The maximum Gasteiger partial charge on any atom is 0.330 e. The summed E-state index contributed by atoms with van der Waals surface area (Å²) in [6.45, 7) is 1.78. The van der Waals surface area contributed by atoms with Gasteiger partial charge in [-0.1, -0.05) is 6.07 Å². The van der Waals surface area contributed by atoms with Crippen molar-refractivity contribution in [1.82, 2.24) is 0 Å². The highest BCUT2D eigenvalue weighted by molar-refractivity contribution is 6.00. The molecule has 6 heteroatoms. The third kappa shape index (κ3) is 3.13. The molecule has 1 fully saturated rings. The van der Waals surface area contributed by atoms with Gasteiger partial charge >= 0.3 is 11.9 Å². The van der Waals surface area contributed by atoms with Gasteiger partial charge in [-0.25, -0.2) is 4.79 Å². The number of benzene rings is 1. The van der Waals surface area contributed by atoms with E-state index >= 15 is 0 Å². The van der Waals surface area contributed by atoms with Crippen LogP contribution in [0.4, 0.5) is 0 Å². The molecule has 0 spiro atoms. The van der Waals surface area contributed by atoms with Crippen molar-refractivity contribution in [2.24, 2.45) is 11.3 Å². The van der Waals surface area contributed by atoms with Crippen molar-refractivity contribution in [3.8, 4) is 5.75 Å². The van der Waals surface area contributed by atoms with Gasteiger partial charge in [0.25, 0.3) is 0 Å². The predicted octanol–water partition coefficient (Wildman–Crippen LogP) is 3.05. The van der Waals surface area contributed by atoms with E-state index in [1.54, 1.807) is 20.1 Å². The van der Waals surface area contributed by atoms with Gasteiger partial charge in [0.1, 0.15) is 5.75 Å². The standard InChI is InChI=1S/C21H24O6/c1-21(20(24)27-4)8-7-14-13-6-5-12(25-2)9-16(13)18(22)10-15(14)17(21)11-19(23)26-3/h5-6,9,11,14-15H,7-8,10H2,1-4H3/b17-11+/t14-,15-,21-/m0/s1. The molecule has 0 unspecified atom stereocenters. The van der Waals surface area contributed by atoms with Crippen molar-refractivity contribution in [1.29, 1.82) is 0 Å². The van der Waals surface area contributed by atoms with E-state index in [9.17, 15) is 14.4 Å². The molecule has 0 radical (unpaired) electrons. The van der Waals surface area contributed by atoms with Crippen LogP contribution in [0.25, 0.3) is 0 Å². The summed E-state index contributed by atoms with van der Waals surface area (Å²) in [6.07, 6.45) is 2.86. The van der Waals surface area contributed by atoms with E-state index in [1.807, 2.05) is 12.1 Å². The van der Waals surface area contributed by atoms with Crippen LogP contribution >= 0.6 is 0 Å². The lowest BCUT2D eigenvalue weighted by Crippen LogP contribution is -2.43. The van der Waals surface area contributed by atoms with E-state index in [-0.39, 0.29) is 24.0 Å². The molecule has 1 aromatic carbocycles. The summed E-state index contributed by atoms with van der Waals surface area (Å²) in [4.78, 5) is 37.4. The largest absolute Gasteiger partial charge is 0.497 e. The van der Waals surface area contributed by atoms with Gasteiger partial charge in [-0.2, -0.15) is 0 Å². The third-order valence-corrected chi connectivity index (χ3v) is 5.95. The zero-order valence-electron chi connectivity index (χ0n) is 16.0. The lowest BCUT2D eigenvalue weighted by Gasteiger charge is -2.45. The first kappa shape index (κ1) is 19.1. The van der Waals surface area contributed by atoms with Crippen LogP contribution in [0.2, 0.25) is 0 Å². The molecule has 0 aliphatic heterocycles. The summed E-state index contributed by atoms with van der Waals surface area (Å²) in [5.74, 6) is -0.499. The molecule has 1 saturated carbocycles. The van der Waals surface area contributed by atoms with Crippen LogP contribution in [0.1, 0.15) is 48.0 Å². The van der Waals surface area contributed by atoms with Gasteiger partial charge < -0.3 is 14.2 Å². The van der Waals surface area contributed by atoms with Crippen LogP contribution in [0.5, 0.6) is 5.75 Å². The minimum atomic E-state index is -0.950. The lowest BCUT2D eigenvalue weighted by molar-refractivity contribution is -0.151. The van der Waals surface area contributed by atoms with Crippen LogP contribution in [-0.4, -0.2) is 39.1 Å². The highest BCUT2D eigenvalue weighted by Crippen LogP contribution is 2.55. The van der Waals surface area contributed by atoms with Crippen LogP contribution < -0.4 is 4.74 Å². The van der Waals surface area contributed by atoms with Crippen molar-refractivity contribution < 1.29 is 28.6 Å². The van der Waals surface area contributed by atoms with E-state index in [1.165, 1.54) is 20.3 Å². The third-order valence-electron chi connectivity index (χ3n) is 5.95. The quantitative estimate of drug-likeness (QED) is 0.599. The Morgan fingerprint density at radius 1 is 1.15 bits per heavy atom. The van der Waals surface area contributed by atoms with Crippen molar-refractivity contribution in [3.05, 3.63) is 41.0 Å². The number of hydrogen-bond donors (Lipinski definition) is 0. The van der Waals surface area contributed by atoms with Gasteiger partial charge in [-0.05, 0) is 54.9 Å². The topological polar surface area (TPSA) is 78.9 Å². The number of methoxy groups -OCH3 is 3. The van der Waals surface area contributed by atoms with Gasteiger partial charge in [0, 0.05) is 18.1 Å². The SMILES string of the molecule is COC(=O)/C=C1\[C@H]2CC(=O)c3cc(OC)ccc3[C@@H]2CC[C@]1(C)C(=O)OC. The maximum atomic E-state index is 12.8. The van der Waals surface area contributed by atoms with E-state index in [0.717, 1.165) is 12.0 Å². The van der Waals surface area contributed by atoms with Gasteiger partial charge in [0.2, 0.25) is 0 Å². The second-order valence-electron chi connectivity index (χ2n) is 7.28. The summed E-state index contributed by atoms with van der Waals surface area (Å²) in [6, 6.07) is 5.53. The Bertz CT molecular complexity index is 824. The normalized spacial score (nSPS) is 28.1. The molecule has 3 rings (SSSR count). The molecule has 2 aliphatic carbocycles. The van der Waals surface area contributed by atoms with Gasteiger partial charge in [-0.3, -0.25) is 9.59 Å². The minimum absolute atomic E-state index is 0.0185. The van der Waals surface area contributed by atoms with E-state index in [0.29, 0.717) is 23.3 Å². The first-order valence-electron chi connectivity index (χ1n) is 8.95. The average molecular weight is 372 g/mol. The fourth-order valence-electron chi connectivity index (χ4n) is 4.47. The molecule has 2 aliphatic rings. The predicted molar refractivity (Wildman–Crippen MR) is 97.6 cm³/mol. The molecule has 0 bridgehead atoms. The van der Waals surface area contributed by atoms with Crippen molar-refractivity contribution in [2.45, 2.75) is 32.1 Å². The van der Waals surface area contributed by atoms with Crippen molar-refractivity contribution >= 4 is 17.7 Å². The number of Topliss-reactive ketones (excluding diaryl/α,β-unsaturated/α-hetero) is 1. The Morgan fingerprint density at radius 2 is 1.89 bits per heavy atom. The first-order chi connectivity index (χ1) is 12.8. The molecule has 144 valence electrons. The highest BCUT2D eigenvalue weighted by atomic mass is 16.5. The summed E-state index contributed by atoms with van der Waals surface area (Å²) in [7, 11) is 4.20. The summed E-state index contributed by atoms with van der Waals surface area (Å²) >= 11 is 0. The van der Waals surface area contributed by atoms with E-state index in [2.05, 4.69) is 0 Å². The molecular weight excluding hydrogens is 348 g/mol. The van der Waals surface area contributed by atoms with E-state index in [4.69, 9.17) is 14.2 Å². The molecule has 27 heavy (non-hydrogen) atoms. The van der Waals surface area contributed by atoms with Gasteiger partial charge in [0.05, 0.1) is 26.7 Å². The van der Waals surface area contributed by atoms with E-state index < -0.39 is 17.4 Å². The highest BCUT2D eigenvalue weighted by Gasteiger charge is 2.50. The van der Waals surface area contributed by atoms with Crippen molar-refractivity contribution in [2.75, 3.05) is 21.3 Å². The number of ether oxygens (including phenoxy) is 3. The Hall–Kier alpha value is -2.63. The minimum Gasteiger partial charge on any atom is -0.497 e. The molecule has 6 nitrogen and oxygen atoms in total. The Kier molecular flexibility index (Phi) is 5.09. The second-order valence-corrected chi connectivity index (χ2v) is 7.28. The number of hydrogen-bond acceptors (Lipinski definition) is 6. The van der Waals surface area contributed by atoms with Crippen LogP contribution in [0.15, 0.2) is 29.8 Å². The Labute approximate surface area is 158 Å². The number of rotatable bonds is 3. The molecule has 0 heterocycles. The van der Waals surface area contributed by atoms with Gasteiger partial charge in [-0.15, -0.1) is 0 Å². The fourth-order valence-corrected chi connectivity index (χ4v) is 4.47. The Morgan fingerprint density at radius 3 is 2.52 bits per heavy atom. The van der Waals surface area contributed by atoms with Crippen molar-refractivity contribution in [3.63, 3.8) is 0 Å². The number of fused-ring (bicyclic) bond motifs is 3. The first-order valence-corrected chi connectivity index (χ1v) is 8.95. The number of carbonyl (C=O) groups is 3. The molecular formula is C21H24O6. The molecule has 1 aromatic rings. The summed E-state index contributed by atoms with van der Waals surface area (Å²) < 4.78 is 15.1. The average Bonchev–Trinajstić information content (AvgIpc) is 2.69. The van der Waals surface area contributed by atoms with Crippen LogP contribution in [0, 0.1) is 11.3 Å². The zero-order chi connectivity index (χ0) is 19.8. The summed E-state index contributed by atoms with van der Waals surface area (Å²) in [5.41, 5.74) is 1.27. The summed E-state index contributed by atoms with van der Waals surface area (Å²) in [5, 5.41) is 0. The molecule has 0 saturated heterocycles. The smallest absolute Gasteiger partial charge is 0.330 e.